The number of rotatable bonds is 6. The highest BCUT2D eigenvalue weighted by molar-refractivity contribution is 7.89. The number of nitrogens with one attached hydrogen (secondary N) is 1. The van der Waals surface area contributed by atoms with Gasteiger partial charge < -0.3 is 9.84 Å². The Hall–Kier alpha value is -2.26. The quantitative estimate of drug-likeness (QED) is 0.731. The van der Waals surface area contributed by atoms with Crippen LogP contribution in [0.1, 0.15) is 57.8 Å². The van der Waals surface area contributed by atoms with Gasteiger partial charge in [0.15, 0.2) is 0 Å². The summed E-state index contributed by atoms with van der Waals surface area (Å²) in [7, 11) is -3.65. The highest BCUT2D eigenvalue weighted by Crippen LogP contribution is 2.27. The second kappa shape index (κ2) is 9.48. The summed E-state index contributed by atoms with van der Waals surface area (Å²) in [5, 5.41) is 7.11. The van der Waals surface area contributed by atoms with Crippen LogP contribution >= 0.6 is 0 Å². The first kappa shape index (κ1) is 22.0. The lowest BCUT2D eigenvalue weighted by molar-refractivity contribution is -0.127. The van der Waals surface area contributed by atoms with Crippen LogP contribution < -0.4 is 5.32 Å². The fourth-order valence-electron chi connectivity index (χ4n) is 4.38. The fourth-order valence-corrected chi connectivity index (χ4v) is 5.90. The molecular formula is C22H30N4O4S. The highest BCUT2D eigenvalue weighted by Gasteiger charge is 2.33. The molecule has 0 bridgehead atoms. The van der Waals surface area contributed by atoms with Gasteiger partial charge in [-0.15, -0.1) is 0 Å². The molecule has 0 spiro atoms. The Morgan fingerprint density at radius 2 is 1.90 bits per heavy atom. The van der Waals surface area contributed by atoms with Crippen molar-refractivity contribution < 1.29 is 17.7 Å². The molecule has 2 aromatic rings. The normalized spacial score (nSPS) is 19.4. The van der Waals surface area contributed by atoms with Crippen molar-refractivity contribution in [3.8, 4) is 11.4 Å². The average molecular weight is 447 g/mol. The second-order valence-corrected chi connectivity index (χ2v) is 10.4. The molecule has 1 aliphatic heterocycles. The average Bonchev–Trinajstić information content (AvgIpc) is 3.29. The van der Waals surface area contributed by atoms with Gasteiger partial charge in [-0.1, -0.05) is 43.5 Å². The number of hydrogen-bond acceptors (Lipinski definition) is 6. The number of carbonyl (C=O) groups excluding carboxylic acids is 1. The van der Waals surface area contributed by atoms with Crippen LogP contribution in [0, 0.1) is 5.92 Å². The third kappa shape index (κ3) is 4.98. The Morgan fingerprint density at radius 1 is 1.16 bits per heavy atom. The first-order valence-electron chi connectivity index (χ1n) is 11.2. The molecule has 0 radical (unpaired) electrons. The van der Waals surface area contributed by atoms with E-state index < -0.39 is 10.0 Å². The molecule has 0 atom stereocenters. The summed E-state index contributed by atoms with van der Waals surface area (Å²) in [5.41, 5.74) is 0.603. The van der Waals surface area contributed by atoms with Crippen molar-refractivity contribution in [2.24, 2.45) is 5.92 Å². The second-order valence-electron chi connectivity index (χ2n) is 8.41. The molecule has 1 aromatic heterocycles. The number of piperidine rings is 1. The highest BCUT2D eigenvalue weighted by atomic mass is 32.2. The maximum atomic E-state index is 13.2. The SMILES string of the molecule is CCc1nc(-c2cccc(S(=O)(=O)N3CCC(C(=O)NC4CCCCC4)CC3)c2)no1. The van der Waals surface area contributed by atoms with Gasteiger partial charge in [0.25, 0.3) is 0 Å². The van der Waals surface area contributed by atoms with Gasteiger partial charge in [-0.05, 0) is 37.8 Å². The minimum Gasteiger partial charge on any atom is -0.353 e. The Morgan fingerprint density at radius 3 is 2.58 bits per heavy atom. The molecule has 1 N–H and O–H groups in total. The van der Waals surface area contributed by atoms with E-state index >= 15 is 0 Å². The van der Waals surface area contributed by atoms with Crippen LogP contribution in [-0.2, 0) is 21.2 Å². The lowest BCUT2D eigenvalue weighted by atomic mass is 9.93. The molecule has 31 heavy (non-hydrogen) atoms. The van der Waals surface area contributed by atoms with Gasteiger partial charge in [0.1, 0.15) is 0 Å². The zero-order valence-corrected chi connectivity index (χ0v) is 18.7. The third-order valence-corrected chi connectivity index (χ3v) is 8.17. The van der Waals surface area contributed by atoms with Crippen LogP contribution in [0.4, 0.5) is 0 Å². The van der Waals surface area contributed by atoms with Crippen LogP contribution in [0.2, 0.25) is 0 Å². The molecule has 1 aliphatic carbocycles. The Labute approximate surface area is 183 Å². The van der Waals surface area contributed by atoms with Gasteiger partial charge in [0.05, 0.1) is 4.90 Å². The van der Waals surface area contributed by atoms with E-state index in [1.807, 2.05) is 6.92 Å². The van der Waals surface area contributed by atoms with Gasteiger partial charge in [-0.25, -0.2) is 8.42 Å². The molecule has 4 rings (SSSR count). The molecule has 168 valence electrons. The van der Waals surface area contributed by atoms with Crippen LogP contribution in [-0.4, -0.2) is 47.9 Å². The molecule has 2 heterocycles. The van der Waals surface area contributed by atoms with E-state index in [9.17, 15) is 13.2 Å². The topological polar surface area (TPSA) is 105 Å². The zero-order valence-electron chi connectivity index (χ0n) is 17.9. The van der Waals surface area contributed by atoms with Crippen LogP contribution in [0.15, 0.2) is 33.7 Å². The number of aryl methyl sites for hydroxylation is 1. The van der Waals surface area contributed by atoms with Gasteiger partial charge in [-0.2, -0.15) is 9.29 Å². The molecule has 8 nitrogen and oxygen atoms in total. The summed E-state index contributed by atoms with van der Waals surface area (Å²) >= 11 is 0. The summed E-state index contributed by atoms with van der Waals surface area (Å²) in [5.74, 6) is 0.852. The molecule has 2 fully saturated rings. The number of hydrogen-bond donors (Lipinski definition) is 1. The molecule has 1 aromatic carbocycles. The molecule has 2 aliphatic rings. The number of amides is 1. The predicted molar refractivity (Wildman–Crippen MR) is 116 cm³/mol. The van der Waals surface area contributed by atoms with E-state index in [1.165, 1.54) is 23.6 Å². The summed E-state index contributed by atoms with van der Waals surface area (Å²) in [6, 6.07) is 6.91. The fraction of sp³-hybridized carbons (Fsp3) is 0.591. The maximum Gasteiger partial charge on any atom is 0.243 e. The Bertz CT molecular complexity index is 1010. The van der Waals surface area contributed by atoms with E-state index in [0.717, 1.165) is 12.8 Å². The van der Waals surface area contributed by atoms with Crippen molar-refractivity contribution in [1.82, 2.24) is 19.8 Å². The number of benzene rings is 1. The maximum absolute atomic E-state index is 13.2. The van der Waals surface area contributed by atoms with Gasteiger partial charge in [-0.3, -0.25) is 4.79 Å². The Kier molecular flexibility index (Phi) is 6.71. The third-order valence-electron chi connectivity index (χ3n) is 6.28. The number of carbonyl (C=O) groups is 1. The molecule has 1 saturated carbocycles. The van der Waals surface area contributed by atoms with E-state index in [4.69, 9.17) is 4.52 Å². The van der Waals surface area contributed by atoms with Crippen molar-refractivity contribution in [1.29, 1.82) is 0 Å². The molecule has 1 saturated heterocycles. The van der Waals surface area contributed by atoms with Crippen LogP contribution in [0.5, 0.6) is 0 Å². The summed E-state index contributed by atoms with van der Waals surface area (Å²) in [4.78, 5) is 17.1. The first-order chi connectivity index (χ1) is 15.0. The number of nitrogens with zero attached hydrogens (tertiary/aromatic N) is 3. The van der Waals surface area contributed by atoms with E-state index in [2.05, 4.69) is 15.5 Å². The largest absolute Gasteiger partial charge is 0.353 e. The number of sulfonamides is 1. The predicted octanol–water partition coefficient (Wildman–Crippen LogP) is 3.15. The summed E-state index contributed by atoms with van der Waals surface area (Å²) in [6.07, 6.45) is 7.40. The van der Waals surface area contributed by atoms with Crippen LogP contribution in [0.3, 0.4) is 0 Å². The molecule has 9 heteroatoms. The van der Waals surface area contributed by atoms with E-state index in [-0.39, 0.29) is 22.8 Å². The number of aromatic nitrogens is 2. The van der Waals surface area contributed by atoms with Crippen molar-refractivity contribution in [3.05, 3.63) is 30.2 Å². The minimum atomic E-state index is -3.65. The van der Waals surface area contributed by atoms with E-state index in [0.29, 0.717) is 49.6 Å². The lowest BCUT2D eigenvalue weighted by Crippen LogP contribution is -2.45. The molecule has 1 amide bonds. The lowest BCUT2D eigenvalue weighted by Gasteiger charge is -2.32. The monoisotopic (exact) mass is 446 g/mol. The Balaban J connectivity index is 1.40. The van der Waals surface area contributed by atoms with E-state index in [1.54, 1.807) is 24.3 Å². The van der Waals surface area contributed by atoms with Crippen LogP contribution in [0.25, 0.3) is 11.4 Å². The van der Waals surface area contributed by atoms with Gasteiger partial charge >= 0.3 is 0 Å². The summed E-state index contributed by atoms with van der Waals surface area (Å²) < 4.78 is 33.0. The van der Waals surface area contributed by atoms with Crippen molar-refractivity contribution in [3.63, 3.8) is 0 Å². The van der Waals surface area contributed by atoms with Crippen molar-refractivity contribution in [2.45, 2.75) is 69.2 Å². The van der Waals surface area contributed by atoms with Crippen molar-refractivity contribution in [2.75, 3.05) is 13.1 Å². The standard InChI is InChI=1S/C22H30N4O4S/c1-2-20-24-21(25-30-20)17-7-6-10-19(15-17)31(28,29)26-13-11-16(12-14-26)22(27)23-18-8-4-3-5-9-18/h6-7,10,15-16,18H,2-5,8-9,11-14H2,1H3,(H,23,27). The first-order valence-corrected chi connectivity index (χ1v) is 12.6. The molecular weight excluding hydrogens is 416 g/mol. The van der Waals surface area contributed by atoms with Gasteiger partial charge in [0.2, 0.25) is 27.6 Å². The zero-order chi connectivity index (χ0) is 21.8. The smallest absolute Gasteiger partial charge is 0.243 e. The van der Waals surface area contributed by atoms with Gasteiger partial charge in [0, 0.05) is 37.0 Å². The summed E-state index contributed by atoms with van der Waals surface area (Å²) in [6.45, 7) is 2.60. The minimum absolute atomic E-state index is 0.0785. The van der Waals surface area contributed by atoms with Crippen molar-refractivity contribution >= 4 is 15.9 Å². The molecule has 0 unspecified atom stereocenters.